The second-order valence-corrected chi connectivity index (χ2v) is 18.5. The summed E-state index contributed by atoms with van der Waals surface area (Å²) in [6.07, 6.45) is -0.206. The van der Waals surface area contributed by atoms with E-state index in [0.717, 1.165) is 78.1 Å². The van der Waals surface area contributed by atoms with Crippen molar-refractivity contribution < 1.29 is 13.2 Å². The second kappa shape index (κ2) is 16.6. The number of hydrogen-bond donors (Lipinski definition) is 1. The van der Waals surface area contributed by atoms with Crippen LogP contribution >= 0.6 is 0 Å². The second-order valence-electron chi connectivity index (χ2n) is 18.5. The molecule has 9 aromatic carbocycles. The third-order valence-electron chi connectivity index (χ3n) is 14.3. The Morgan fingerprint density at radius 2 is 0.849 bits per heavy atom. The maximum Gasteiger partial charge on any atom is 0.416 e. The SMILES string of the molecule is FC(F)(F)C1=CC(=c2ccc(-n3c4ccc(-n5c6ccccc6c6ccccc65)cc4c4cc(-n5c6ccccc6c6ccccc65)ccc43)cc2=C2N=C(c3ccccc3)N=C(c3ccccc3)N2)CC=C1. The molecule has 1 aliphatic carbocycles. The Labute approximate surface area is 416 Å². The molecule has 348 valence electrons. The number of nitrogens with one attached hydrogen (secondary N) is 1. The van der Waals surface area contributed by atoms with Gasteiger partial charge < -0.3 is 19.0 Å². The Morgan fingerprint density at radius 3 is 1.36 bits per heavy atom. The standard InChI is InChI=1S/C64H41F3N6/c65-64(66,67)43-21-15-20-42(36-43)47-33-30-44(39-54(47)63-69-61(40-16-3-1-4-17-40)68-62(70-63)41-18-5-2-6-19-41)73-59-34-31-45(71-55-26-11-7-22-48(55)49-23-8-12-27-56(49)71)37-52(59)53-38-46(32-35-60(53)73)72-57-28-13-9-24-50(57)51-25-10-14-29-58(51)72/h1-19,21-39H,20H2,(H,68,69,70). The van der Waals surface area contributed by atoms with E-state index in [4.69, 9.17) is 9.98 Å². The summed E-state index contributed by atoms with van der Waals surface area (Å²) in [7, 11) is 0. The van der Waals surface area contributed by atoms with Crippen molar-refractivity contribution in [2.24, 2.45) is 9.98 Å². The van der Waals surface area contributed by atoms with Crippen molar-refractivity contribution in [2.45, 2.75) is 12.6 Å². The molecular formula is C64H41F3N6. The summed E-state index contributed by atoms with van der Waals surface area (Å²) in [4.78, 5) is 10.2. The van der Waals surface area contributed by atoms with E-state index < -0.39 is 11.7 Å². The van der Waals surface area contributed by atoms with Crippen LogP contribution in [0.4, 0.5) is 13.2 Å². The molecule has 0 unspecified atom stereocenters. The number of alkyl halides is 3. The van der Waals surface area contributed by atoms with Crippen molar-refractivity contribution in [1.82, 2.24) is 19.0 Å². The van der Waals surface area contributed by atoms with E-state index >= 15 is 0 Å². The lowest BCUT2D eigenvalue weighted by atomic mass is 9.98. The Bertz CT molecular complexity index is 4250. The van der Waals surface area contributed by atoms with Crippen molar-refractivity contribution in [3.8, 4) is 17.1 Å². The normalized spacial score (nSPS) is 15.6. The van der Waals surface area contributed by atoms with Gasteiger partial charge in [0.25, 0.3) is 0 Å². The van der Waals surface area contributed by atoms with Crippen LogP contribution in [0, 0.1) is 0 Å². The number of benzene rings is 9. The third-order valence-corrected chi connectivity index (χ3v) is 14.3. The molecule has 0 spiro atoms. The summed E-state index contributed by atoms with van der Waals surface area (Å²) in [5.41, 5.74) is 10.7. The van der Waals surface area contributed by atoms with Crippen LogP contribution < -0.4 is 15.8 Å². The van der Waals surface area contributed by atoms with E-state index in [0.29, 0.717) is 39.9 Å². The van der Waals surface area contributed by atoms with Crippen molar-refractivity contribution in [3.63, 3.8) is 0 Å². The molecule has 2 aliphatic rings. The number of halogens is 3. The number of allylic oxidation sites excluding steroid dienone is 4. The molecule has 12 aromatic rings. The number of hydrogen-bond acceptors (Lipinski definition) is 3. The van der Waals surface area contributed by atoms with Crippen LogP contribution in [0.25, 0.3) is 93.9 Å². The Morgan fingerprint density at radius 1 is 0.411 bits per heavy atom. The molecule has 14 rings (SSSR count). The zero-order valence-corrected chi connectivity index (χ0v) is 39.0. The van der Waals surface area contributed by atoms with Gasteiger partial charge in [0.05, 0.1) is 38.7 Å². The van der Waals surface area contributed by atoms with Gasteiger partial charge in [-0.25, -0.2) is 9.98 Å². The molecule has 6 nitrogen and oxygen atoms in total. The van der Waals surface area contributed by atoms with Crippen LogP contribution in [0.2, 0.25) is 0 Å². The number of nitrogens with zero attached hydrogens (tertiary/aromatic N) is 5. The average Bonchev–Trinajstić information content (AvgIpc) is 4.09. The molecule has 0 fully saturated rings. The fourth-order valence-corrected chi connectivity index (χ4v) is 11.1. The van der Waals surface area contributed by atoms with E-state index in [1.54, 1.807) is 6.08 Å². The zero-order chi connectivity index (χ0) is 48.8. The van der Waals surface area contributed by atoms with Crippen LogP contribution in [0.1, 0.15) is 17.5 Å². The molecule has 1 N–H and O–H groups in total. The molecule has 0 amide bonds. The van der Waals surface area contributed by atoms with Gasteiger partial charge in [-0.2, -0.15) is 13.2 Å². The van der Waals surface area contributed by atoms with Crippen LogP contribution in [-0.4, -0.2) is 31.5 Å². The van der Waals surface area contributed by atoms with Crippen molar-refractivity contribution in [2.75, 3.05) is 0 Å². The predicted octanol–water partition coefficient (Wildman–Crippen LogP) is 14.1. The van der Waals surface area contributed by atoms with Crippen LogP contribution in [0.5, 0.6) is 0 Å². The lowest BCUT2D eigenvalue weighted by molar-refractivity contribution is -0.0882. The number of rotatable bonds is 5. The molecule has 0 atom stereocenters. The Kier molecular flexibility index (Phi) is 9.63. The first kappa shape index (κ1) is 42.4. The highest BCUT2D eigenvalue weighted by Gasteiger charge is 2.33. The maximum atomic E-state index is 14.5. The number of aliphatic imine (C=N–C) groups is 2. The molecular weight excluding hydrogens is 910 g/mol. The van der Waals surface area contributed by atoms with Gasteiger partial charge in [0.2, 0.25) is 0 Å². The first-order valence-electron chi connectivity index (χ1n) is 24.3. The summed E-state index contributed by atoms with van der Waals surface area (Å²) >= 11 is 0. The first-order valence-corrected chi connectivity index (χ1v) is 24.3. The molecule has 0 saturated carbocycles. The Balaban J connectivity index is 1.07. The fraction of sp³-hybridized carbons (Fsp3) is 0.0312. The fourth-order valence-electron chi connectivity index (χ4n) is 11.1. The summed E-state index contributed by atoms with van der Waals surface area (Å²) in [6, 6.07) is 73.1. The van der Waals surface area contributed by atoms with Crippen molar-refractivity contribution >= 4 is 88.5 Å². The van der Waals surface area contributed by atoms with E-state index in [1.807, 2.05) is 72.8 Å². The number of amidine groups is 2. The first-order chi connectivity index (χ1) is 35.8. The lowest BCUT2D eigenvalue weighted by Gasteiger charge is -2.19. The maximum absolute atomic E-state index is 14.5. The van der Waals surface area contributed by atoms with E-state index in [9.17, 15) is 13.2 Å². The van der Waals surface area contributed by atoms with Gasteiger partial charge in [-0.05, 0) is 96.1 Å². The summed E-state index contributed by atoms with van der Waals surface area (Å²) in [5, 5.41) is 11.6. The number of para-hydroxylation sites is 4. The van der Waals surface area contributed by atoms with Gasteiger partial charge in [-0.3, -0.25) is 0 Å². The van der Waals surface area contributed by atoms with Gasteiger partial charge >= 0.3 is 6.18 Å². The largest absolute Gasteiger partial charge is 0.416 e. The van der Waals surface area contributed by atoms with Gasteiger partial charge in [0.1, 0.15) is 11.7 Å². The molecule has 73 heavy (non-hydrogen) atoms. The number of aromatic nitrogens is 3. The van der Waals surface area contributed by atoms with E-state index in [-0.39, 0.29) is 0 Å². The topological polar surface area (TPSA) is 51.5 Å². The minimum Gasteiger partial charge on any atom is -0.324 e. The van der Waals surface area contributed by atoms with Crippen molar-refractivity contribution in [3.05, 3.63) is 258 Å². The smallest absolute Gasteiger partial charge is 0.324 e. The van der Waals surface area contributed by atoms with E-state index in [2.05, 4.69) is 159 Å². The predicted molar refractivity (Wildman–Crippen MR) is 293 cm³/mol. The summed E-state index contributed by atoms with van der Waals surface area (Å²) in [6.45, 7) is 0. The van der Waals surface area contributed by atoms with Gasteiger partial charge in [0, 0.05) is 65.7 Å². The molecule has 0 bridgehead atoms. The highest BCUT2D eigenvalue weighted by molar-refractivity contribution is 6.17. The molecule has 9 heteroatoms. The zero-order valence-electron chi connectivity index (χ0n) is 39.0. The third kappa shape index (κ3) is 6.95. The monoisotopic (exact) mass is 950 g/mol. The number of fused-ring (bicyclic) bond motifs is 9. The average molecular weight is 951 g/mol. The van der Waals surface area contributed by atoms with Gasteiger partial charge in [-0.15, -0.1) is 0 Å². The molecule has 1 aliphatic heterocycles. The quantitative estimate of drug-likeness (QED) is 0.184. The molecule has 4 heterocycles. The molecule has 3 aromatic heterocycles. The highest BCUT2D eigenvalue weighted by Crippen LogP contribution is 2.40. The summed E-state index contributed by atoms with van der Waals surface area (Å²) < 4.78 is 50.3. The minimum atomic E-state index is -4.52. The van der Waals surface area contributed by atoms with Crippen LogP contribution in [0.3, 0.4) is 0 Å². The van der Waals surface area contributed by atoms with Crippen molar-refractivity contribution in [1.29, 1.82) is 0 Å². The highest BCUT2D eigenvalue weighted by atomic mass is 19.4. The van der Waals surface area contributed by atoms with Gasteiger partial charge in [0.15, 0.2) is 5.84 Å². The minimum absolute atomic E-state index is 0.306. The van der Waals surface area contributed by atoms with Crippen LogP contribution in [0.15, 0.2) is 246 Å². The lowest BCUT2D eigenvalue weighted by Crippen LogP contribution is -2.38. The molecule has 0 radical (unpaired) electrons. The Hall–Kier alpha value is -9.47. The summed E-state index contributed by atoms with van der Waals surface area (Å²) in [5.74, 6) is 1.53. The van der Waals surface area contributed by atoms with Gasteiger partial charge in [-0.1, -0.05) is 152 Å². The van der Waals surface area contributed by atoms with Crippen LogP contribution in [-0.2, 0) is 0 Å². The van der Waals surface area contributed by atoms with E-state index in [1.165, 1.54) is 27.6 Å². The molecule has 0 saturated heterocycles.